The number of amides is 1. The highest BCUT2D eigenvalue weighted by Gasteiger charge is 2.32. The van der Waals surface area contributed by atoms with Gasteiger partial charge < -0.3 is 10.6 Å². The van der Waals surface area contributed by atoms with E-state index in [1.54, 1.807) is 11.3 Å². The van der Waals surface area contributed by atoms with Gasteiger partial charge in [0.15, 0.2) is 0 Å². The Balaban J connectivity index is 1.83. The second-order valence-corrected chi connectivity index (χ2v) is 7.36. The third-order valence-corrected chi connectivity index (χ3v) is 4.60. The molecule has 1 aromatic heterocycles. The third-order valence-electron chi connectivity index (χ3n) is 3.87. The van der Waals surface area contributed by atoms with E-state index in [0.717, 1.165) is 32.7 Å². The van der Waals surface area contributed by atoms with Gasteiger partial charge in [0.1, 0.15) is 0 Å². The van der Waals surface area contributed by atoms with Gasteiger partial charge in [-0.05, 0) is 27.8 Å². The first kappa shape index (κ1) is 15.5. The minimum Gasteiger partial charge on any atom is -0.339 e. The van der Waals surface area contributed by atoms with E-state index in [1.165, 1.54) is 5.56 Å². The highest BCUT2D eigenvalue weighted by atomic mass is 32.1. The highest BCUT2D eigenvalue weighted by Crippen LogP contribution is 2.20. The lowest BCUT2D eigenvalue weighted by molar-refractivity contribution is -0.136. The summed E-state index contributed by atoms with van der Waals surface area (Å²) in [6.07, 6.45) is 0. The molecule has 1 aliphatic rings. The molecule has 0 bridgehead atoms. The number of piperazine rings is 1. The first-order valence-electron chi connectivity index (χ1n) is 7.16. The number of nitrogens with zero attached hydrogens (tertiary/aromatic N) is 2. The van der Waals surface area contributed by atoms with Crippen LogP contribution in [0.3, 0.4) is 0 Å². The molecule has 1 aromatic rings. The van der Waals surface area contributed by atoms with E-state index in [1.807, 2.05) is 25.7 Å². The summed E-state index contributed by atoms with van der Waals surface area (Å²) >= 11 is 1.73. The molecule has 1 atom stereocenters. The number of nitrogens with two attached hydrogens (primary N) is 1. The van der Waals surface area contributed by atoms with Crippen LogP contribution in [0.5, 0.6) is 0 Å². The molecule has 0 spiro atoms. The molecule has 5 heteroatoms. The molecule has 1 saturated heterocycles. The van der Waals surface area contributed by atoms with Crippen LogP contribution in [0.25, 0.3) is 0 Å². The van der Waals surface area contributed by atoms with Gasteiger partial charge in [-0.25, -0.2) is 0 Å². The lowest BCUT2D eigenvalue weighted by Gasteiger charge is -2.38. The second kappa shape index (κ2) is 6.24. The van der Waals surface area contributed by atoms with Crippen molar-refractivity contribution < 1.29 is 4.79 Å². The van der Waals surface area contributed by atoms with Crippen LogP contribution < -0.4 is 5.73 Å². The molecule has 0 unspecified atom stereocenters. The lowest BCUT2D eigenvalue weighted by Crippen LogP contribution is -2.56. The number of carbonyl (C=O) groups is 1. The maximum Gasteiger partial charge on any atom is 0.240 e. The molecule has 0 aliphatic carbocycles. The molecule has 1 aliphatic heterocycles. The number of hydrogen-bond acceptors (Lipinski definition) is 4. The smallest absolute Gasteiger partial charge is 0.240 e. The van der Waals surface area contributed by atoms with Gasteiger partial charge in [0.25, 0.3) is 0 Å². The largest absolute Gasteiger partial charge is 0.339 e. The maximum atomic E-state index is 12.4. The van der Waals surface area contributed by atoms with Gasteiger partial charge in [0, 0.05) is 32.7 Å². The summed E-state index contributed by atoms with van der Waals surface area (Å²) < 4.78 is 0. The molecule has 1 amide bonds. The molecule has 0 radical (unpaired) electrons. The summed E-state index contributed by atoms with van der Waals surface area (Å²) in [6, 6.07) is 1.75. The van der Waals surface area contributed by atoms with E-state index in [2.05, 4.69) is 21.7 Å². The van der Waals surface area contributed by atoms with Crippen LogP contribution >= 0.6 is 11.3 Å². The van der Waals surface area contributed by atoms with E-state index < -0.39 is 6.04 Å². The summed E-state index contributed by atoms with van der Waals surface area (Å²) in [5.74, 6) is 0.0904. The van der Waals surface area contributed by atoms with Crippen molar-refractivity contribution in [2.75, 3.05) is 26.2 Å². The van der Waals surface area contributed by atoms with E-state index in [-0.39, 0.29) is 11.3 Å². The molecular weight excluding hydrogens is 270 g/mol. The zero-order valence-electron chi connectivity index (χ0n) is 12.6. The van der Waals surface area contributed by atoms with Crippen molar-refractivity contribution in [3.05, 3.63) is 22.4 Å². The van der Waals surface area contributed by atoms with Crippen LogP contribution in [0.2, 0.25) is 0 Å². The molecule has 2 rings (SSSR count). The van der Waals surface area contributed by atoms with Crippen molar-refractivity contribution in [3.63, 3.8) is 0 Å². The van der Waals surface area contributed by atoms with Crippen molar-refractivity contribution in [1.82, 2.24) is 9.80 Å². The minimum atomic E-state index is -0.411. The van der Waals surface area contributed by atoms with Gasteiger partial charge in [-0.1, -0.05) is 20.8 Å². The Hall–Kier alpha value is -0.910. The van der Waals surface area contributed by atoms with Gasteiger partial charge in [-0.3, -0.25) is 9.69 Å². The summed E-state index contributed by atoms with van der Waals surface area (Å²) in [4.78, 5) is 16.7. The minimum absolute atomic E-state index is 0.0904. The Morgan fingerprint density at radius 2 is 2.00 bits per heavy atom. The zero-order valence-corrected chi connectivity index (χ0v) is 13.4. The fourth-order valence-electron chi connectivity index (χ4n) is 2.33. The van der Waals surface area contributed by atoms with Crippen LogP contribution in [0, 0.1) is 5.41 Å². The molecule has 2 N–H and O–H groups in total. The summed E-state index contributed by atoms with van der Waals surface area (Å²) in [5, 5.41) is 4.30. The molecule has 112 valence electrons. The molecule has 1 fully saturated rings. The molecule has 20 heavy (non-hydrogen) atoms. The number of rotatable bonds is 3. The first-order valence-corrected chi connectivity index (χ1v) is 8.10. The quantitative estimate of drug-likeness (QED) is 0.924. The Labute approximate surface area is 125 Å². The molecule has 4 nitrogen and oxygen atoms in total. The van der Waals surface area contributed by atoms with Gasteiger partial charge >= 0.3 is 0 Å². The Kier molecular flexibility index (Phi) is 4.83. The van der Waals surface area contributed by atoms with E-state index in [0.29, 0.717) is 0 Å². The zero-order chi connectivity index (χ0) is 14.8. The van der Waals surface area contributed by atoms with Crippen LogP contribution in [0.15, 0.2) is 16.8 Å². The maximum absolute atomic E-state index is 12.4. The summed E-state index contributed by atoms with van der Waals surface area (Å²) in [7, 11) is 0. The van der Waals surface area contributed by atoms with E-state index >= 15 is 0 Å². The molecule has 0 aromatic carbocycles. The van der Waals surface area contributed by atoms with Crippen LogP contribution in [0.4, 0.5) is 0 Å². The van der Waals surface area contributed by atoms with Gasteiger partial charge in [-0.15, -0.1) is 0 Å². The first-order chi connectivity index (χ1) is 9.38. The van der Waals surface area contributed by atoms with Crippen molar-refractivity contribution in [2.45, 2.75) is 33.4 Å². The number of carbonyl (C=O) groups excluding carboxylic acids is 1. The normalized spacial score (nSPS) is 19.1. The van der Waals surface area contributed by atoms with Gasteiger partial charge in [-0.2, -0.15) is 11.3 Å². The molecule has 0 saturated carbocycles. The van der Waals surface area contributed by atoms with E-state index in [9.17, 15) is 4.79 Å². The Morgan fingerprint density at radius 1 is 1.35 bits per heavy atom. The van der Waals surface area contributed by atoms with Crippen molar-refractivity contribution >= 4 is 17.2 Å². The monoisotopic (exact) mass is 295 g/mol. The lowest BCUT2D eigenvalue weighted by atomic mass is 9.86. The Morgan fingerprint density at radius 3 is 2.50 bits per heavy atom. The second-order valence-electron chi connectivity index (χ2n) is 6.58. The summed E-state index contributed by atoms with van der Waals surface area (Å²) in [5.41, 5.74) is 7.25. The SMILES string of the molecule is CC(C)(C)[C@@H](N)C(=O)N1CCN(Cc2ccsc2)CC1. The van der Waals surface area contributed by atoms with Crippen molar-refractivity contribution in [2.24, 2.45) is 11.1 Å². The third kappa shape index (κ3) is 3.81. The molecular formula is C15H25N3OS. The average molecular weight is 295 g/mol. The average Bonchev–Trinajstić information content (AvgIpc) is 2.90. The van der Waals surface area contributed by atoms with Crippen LogP contribution in [0.1, 0.15) is 26.3 Å². The van der Waals surface area contributed by atoms with Crippen molar-refractivity contribution in [3.8, 4) is 0 Å². The van der Waals surface area contributed by atoms with E-state index in [4.69, 9.17) is 5.73 Å². The van der Waals surface area contributed by atoms with Crippen molar-refractivity contribution in [1.29, 1.82) is 0 Å². The van der Waals surface area contributed by atoms with Gasteiger partial charge in [0.05, 0.1) is 6.04 Å². The van der Waals surface area contributed by atoms with Crippen LogP contribution in [-0.2, 0) is 11.3 Å². The predicted octanol–water partition coefficient (Wildman–Crippen LogP) is 1.77. The number of thiophene rings is 1. The van der Waals surface area contributed by atoms with Crippen LogP contribution in [-0.4, -0.2) is 47.9 Å². The highest BCUT2D eigenvalue weighted by molar-refractivity contribution is 7.07. The Bertz CT molecular complexity index is 430. The topological polar surface area (TPSA) is 49.6 Å². The number of hydrogen-bond donors (Lipinski definition) is 1. The fraction of sp³-hybridized carbons (Fsp3) is 0.667. The summed E-state index contributed by atoms with van der Waals surface area (Å²) in [6.45, 7) is 10.5. The fourth-order valence-corrected chi connectivity index (χ4v) is 2.99. The van der Waals surface area contributed by atoms with Gasteiger partial charge in [0.2, 0.25) is 5.91 Å². The molecule has 2 heterocycles. The standard InChI is InChI=1S/C15H25N3OS/c1-15(2,3)13(16)14(19)18-7-5-17(6-8-18)10-12-4-9-20-11-12/h4,9,11,13H,5-8,10,16H2,1-3H3/t13-/m0/s1. The predicted molar refractivity (Wildman–Crippen MR) is 83.6 cm³/mol.